The van der Waals surface area contributed by atoms with Crippen LogP contribution < -0.4 is 10.5 Å². The highest BCUT2D eigenvalue weighted by atomic mass is 19.1. The summed E-state index contributed by atoms with van der Waals surface area (Å²) in [5.74, 6) is 0.548. The standard InChI is InChI=1S/C18H19FN6O/c19-14-3-4-15-16(12-14)20-13-21-18(15)24-9-6-23(7-10-24)8-11-25-17(26)2-1-5-22-25/h1-5,12-13H,6-11H2. The molecular weight excluding hydrogens is 335 g/mol. The van der Waals surface area contributed by atoms with E-state index in [9.17, 15) is 9.18 Å². The Kier molecular flexibility index (Phi) is 4.57. The van der Waals surface area contributed by atoms with E-state index in [4.69, 9.17) is 0 Å². The lowest BCUT2D eigenvalue weighted by Crippen LogP contribution is -2.48. The van der Waals surface area contributed by atoms with E-state index in [1.165, 1.54) is 29.2 Å². The van der Waals surface area contributed by atoms with Gasteiger partial charge in [0.1, 0.15) is 18.0 Å². The topological polar surface area (TPSA) is 67.2 Å². The molecule has 0 amide bonds. The molecule has 134 valence electrons. The highest BCUT2D eigenvalue weighted by molar-refractivity contribution is 5.89. The molecule has 2 aromatic heterocycles. The third-order valence-electron chi connectivity index (χ3n) is 4.66. The first-order chi connectivity index (χ1) is 12.7. The molecule has 1 aromatic carbocycles. The normalized spacial score (nSPS) is 15.5. The van der Waals surface area contributed by atoms with Crippen LogP contribution in [0.25, 0.3) is 10.9 Å². The van der Waals surface area contributed by atoms with E-state index in [-0.39, 0.29) is 11.4 Å². The van der Waals surface area contributed by atoms with Gasteiger partial charge in [0.15, 0.2) is 0 Å². The number of anilines is 1. The summed E-state index contributed by atoms with van der Waals surface area (Å²) < 4.78 is 14.9. The minimum atomic E-state index is -0.295. The molecule has 8 heteroatoms. The van der Waals surface area contributed by atoms with Crippen LogP contribution in [-0.2, 0) is 6.54 Å². The number of aromatic nitrogens is 4. The van der Waals surface area contributed by atoms with Crippen LogP contribution in [0.15, 0.2) is 47.7 Å². The number of rotatable bonds is 4. The van der Waals surface area contributed by atoms with Crippen LogP contribution in [0.3, 0.4) is 0 Å². The predicted molar refractivity (Wildman–Crippen MR) is 96.6 cm³/mol. The van der Waals surface area contributed by atoms with E-state index in [1.54, 1.807) is 18.3 Å². The van der Waals surface area contributed by atoms with E-state index in [2.05, 4.69) is 24.9 Å². The summed E-state index contributed by atoms with van der Waals surface area (Å²) in [6.45, 7) is 4.74. The zero-order chi connectivity index (χ0) is 17.9. The first-order valence-corrected chi connectivity index (χ1v) is 8.60. The zero-order valence-electron chi connectivity index (χ0n) is 14.3. The summed E-state index contributed by atoms with van der Waals surface area (Å²) in [6.07, 6.45) is 3.11. The van der Waals surface area contributed by atoms with Crippen LogP contribution in [0.1, 0.15) is 0 Å². The molecule has 0 unspecified atom stereocenters. The number of halogens is 1. The van der Waals surface area contributed by atoms with E-state index >= 15 is 0 Å². The first-order valence-electron chi connectivity index (χ1n) is 8.60. The van der Waals surface area contributed by atoms with Crippen molar-refractivity contribution in [3.63, 3.8) is 0 Å². The maximum absolute atomic E-state index is 13.4. The van der Waals surface area contributed by atoms with Gasteiger partial charge in [-0.15, -0.1) is 0 Å². The molecule has 0 spiro atoms. The SMILES string of the molecule is O=c1cccnn1CCN1CCN(c2ncnc3cc(F)ccc23)CC1. The molecule has 1 fully saturated rings. The van der Waals surface area contributed by atoms with Gasteiger partial charge in [-0.25, -0.2) is 19.0 Å². The van der Waals surface area contributed by atoms with Gasteiger partial charge in [0.25, 0.3) is 5.56 Å². The molecule has 0 atom stereocenters. The van der Waals surface area contributed by atoms with Crippen LogP contribution in [0.4, 0.5) is 10.2 Å². The molecule has 0 aliphatic carbocycles. The van der Waals surface area contributed by atoms with Crippen molar-refractivity contribution >= 4 is 16.7 Å². The summed E-state index contributed by atoms with van der Waals surface area (Å²) in [5, 5.41) is 4.95. The van der Waals surface area contributed by atoms with Crippen LogP contribution >= 0.6 is 0 Å². The fraction of sp³-hybridized carbons (Fsp3) is 0.333. The Morgan fingerprint density at radius 3 is 2.69 bits per heavy atom. The van der Waals surface area contributed by atoms with E-state index < -0.39 is 0 Å². The Balaban J connectivity index is 1.41. The number of fused-ring (bicyclic) bond motifs is 1. The average molecular weight is 354 g/mol. The highest BCUT2D eigenvalue weighted by Gasteiger charge is 2.20. The lowest BCUT2D eigenvalue weighted by molar-refractivity contribution is 0.242. The molecule has 4 rings (SSSR count). The van der Waals surface area contributed by atoms with Gasteiger partial charge in [-0.3, -0.25) is 9.69 Å². The van der Waals surface area contributed by atoms with Crippen molar-refractivity contribution in [1.29, 1.82) is 0 Å². The Morgan fingerprint density at radius 2 is 1.88 bits per heavy atom. The monoisotopic (exact) mass is 354 g/mol. The summed E-state index contributed by atoms with van der Waals surface area (Å²) >= 11 is 0. The molecular formula is C18H19FN6O. The van der Waals surface area contributed by atoms with Crippen LogP contribution in [0.5, 0.6) is 0 Å². The molecule has 7 nitrogen and oxygen atoms in total. The van der Waals surface area contributed by atoms with E-state index in [0.717, 1.165) is 43.9 Å². The van der Waals surface area contributed by atoms with Crippen LogP contribution in [0, 0.1) is 5.82 Å². The quantitative estimate of drug-likeness (QED) is 0.700. The number of piperazine rings is 1. The molecule has 0 saturated carbocycles. The maximum Gasteiger partial charge on any atom is 0.266 e. The Labute approximate surface area is 149 Å². The predicted octanol–water partition coefficient (Wildman–Crippen LogP) is 1.15. The van der Waals surface area contributed by atoms with Crippen molar-refractivity contribution < 1.29 is 4.39 Å². The van der Waals surface area contributed by atoms with Gasteiger partial charge < -0.3 is 4.90 Å². The number of benzene rings is 1. The highest BCUT2D eigenvalue weighted by Crippen LogP contribution is 2.24. The summed E-state index contributed by atoms with van der Waals surface area (Å²) in [5.41, 5.74) is 0.540. The van der Waals surface area contributed by atoms with E-state index in [0.29, 0.717) is 12.1 Å². The second-order valence-electron chi connectivity index (χ2n) is 6.27. The molecule has 1 saturated heterocycles. The largest absolute Gasteiger partial charge is 0.353 e. The smallest absolute Gasteiger partial charge is 0.266 e. The first kappa shape index (κ1) is 16.6. The lowest BCUT2D eigenvalue weighted by atomic mass is 10.2. The number of nitrogens with zero attached hydrogens (tertiary/aromatic N) is 6. The summed E-state index contributed by atoms with van der Waals surface area (Å²) in [4.78, 5) is 24.8. The number of hydrogen-bond donors (Lipinski definition) is 0. The van der Waals surface area contributed by atoms with Crippen LogP contribution in [-0.4, -0.2) is 57.4 Å². The van der Waals surface area contributed by atoms with Crippen molar-refractivity contribution in [2.24, 2.45) is 0 Å². The lowest BCUT2D eigenvalue weighted by Gasteiger charge is -2.35. The van der Waals surface area contributed by atoms with Crippen molar-refractivity contribution in [3.05, 3.63) is 59.0 Å². The van der Waals surface area contributed by atoms with Gasteiger partial charge in [-0.1, -0.05) is 0 Å². The minimum Gasteiger partial charge on any atom is -0.353 e. The van der Waals surface area contributed by atoms with Gasteiger partial charge >= 0.3 is 0 Å². The fourth-order valence-corrected chi connectivity index (χ4v) is 3.24. The van der Waals surface area contributed by atoms with Gasteiger partial charge in [-0.2, -0.15) is 5.10 Å². The molecule has 0 radical (unpaired) electrons. The van der Waals surface area contributed by atoms with Crippen molar-refractivity contribution in [2.45, 2.75) is 6.54 Å². The van der Waals surface area contributed by atoms with Gasteiger partial charge in [0.2, 0.25) is 0 Å². The Morgan fingerprint density at radius 1 is 1.04 bits per heavy atom. The third kappa shape index (κ3) is 3.41. The molecule has 0 bridgehead atoms. The molecule has 1 aliphatic rings. The molecule has 1 aliphatic heterocycles. The second kappa shape index (κ2) is 7.17. The zero-order valence-corrected chi connectivity index (χ0v) is 14.3. The Bertz CT molecular complexity index is 967. The van der Waals surface area contributed by atoms with Crippen molar-refractivity contribution in [2.75, 3.05) is 37.6 Å². The van der Waals surface area contributed by atoms with Crippen molar-refractivity contribution in [1.82, 2.24) is 24.6 Å². The average Bonchev–Trinajstić information content (AvgIpc) is 2.67. The minimum absolute atomic E-state index is 0.0779. The van der Waals surface area contributed by atoms with Gasteiger partial charge in [0.05, 0.1) is 12.1 Å². The van der Waals surface area contributed by atoms with Gasteiger partial charge in [-0.05, 0) is 18.2 Å². The molecule has 0 N–H and O–H groups in total. The third-order valence-corrected chi connectivity index (χ3v) is 4.66. The van der Waals surface area contributed by atoms with Crippen LogP contribution in [0.2, 0.25) is 0 Å². The maximum atomic E-state index is 13.4. The summed E-state index contributed by atoms with van der Waals surface area (Å²) in [6, 6.07) is 7.78. The second-order valence-corrected chi connectivity index (χ2v) is 6.27. The van der Waals surface area contributed by atoms with Gasteiger partial charge in [0, 0.05) is 56.4 Å². The molecule has 26 heavy (non-hydrogen) atoms. The number of hydrogen-bond acceptors (Lipinski definition) is 6. The van der Waals surface area contributed by atoms with E-state index in [1.807, 2.05) is 0 Å². The molecule has 3 heterocycles. The fourth-order valence-electron chi connectivity index (χ4n) is 3.24. The summed E-state index contributed by atoms with van der Waals surface area (Å²) in [7, 11) is 0. The molecule has 3 aromatic rings. The Hall–Kier alpha value is -2.87. The van der Waals surface area contributed by atoms with Crippen molar-refractivity contribution in [3.8, 4) is 0 Å².